The maximum atomic E-state index is 13.8. The molecule has 0 atom stereocenters. The summed E-state index contributed by atoms with van der Waals surface area (Å²) in [6.07, 6.45) is -1.02. The van der Waals surface area contributed by atoms with E-state index in [1.165, 1.54) is 60.6 Å². The van der Waals surface area contributed by atoms with Crippen molar-refractivity contribution < 1.29 is 27.8 Å². The second-order valence-electron chi connectivity index (χ2n) is 8.95. The number of amides is 1. The highest BCUT2D eigenvalue weighted by molar-refractivity contribution is 6.11. The van der Waals surface area contributed by atoms with Crippen LogP contribution in [-0.2, 0) is 6.18 Å². The summed E-state index contributed by atoms with van der Waals surface area (Å²) in [5.41, 5.74) is -0.342. The van der Waals surface area contributed by atoms with E-state index in [9.17, 15) is 23.1 Å². The molecule has 3 aromatic rings. The number of piperidine rings is 1. The Kier molecular flexibility index (Phi) is 7.84. The minimum atomic E-state index is -4.69. The van der Waals surface area contributed by atoms with Gasteiger partial charge in [-0.1, -0.05) is 18.1 Å². The van der Waals surface area contributed by atoms with Crippen LogP contribution in [0.15, 0.2) is 66.7 Å². The first-order valence-electron chi connectivity index (χ1n) is 12.0. The van der Waals surface area contributed by atoms with Gasteiger partial charge in [-0.25, -0.2) is 0 Å². The van der Waals surface area contributed by atoms with E-state index in [-0.39, 0.29) is 5.75 Å². The van der Waals surface area contributed by atoms with Crippen LogP contribution in [0.4, 0.5) is 24.5 Å². The number of hydrogen-bond acceptors (Lipinski definition) is 4. The topological polar surface area (TPSA) is 53.0 Å². The third-order valence-corrected chi connectivity index (χ3v) is 6.24. The van der Waals surface area contributed by atoms with E-state index in [0.29, 0.717) is 29.3 Å². The van der Waals surface area contributed by atoms with E-state index in [0.717, 1.165) is 25.7 Å². The van der Waals surface area contributed by atoms with E-state index in [4.69, 9.17) is 4.74 Å². The number of aromatic hydroxyl groups is 1. The van der Waals surface area contributed by atoms with E-state index in [1.807, 2.05) is 0 Å². The van der Waals surface area contributed by atoms with Crippen molar-refractivity contribution in [3.05, 3.63) is 83.4 Å². The Balaban J connectivity index is 1.60. The normalized spacial score (nSPS) is 14.4. The molecule has 0 bridgehead atoms. The van der Waals surface area contributed by atoms with Crippen LogP contribution in [0, 0.1) is 6.92 Å². The Morgan fingerprint density at radius 2 is 1.56 bits per heavy atom. The number of anilines is 2. The molecule has 3 aromatic carbocycles. The van der Waals surface area contributed by atoms with Crippen LogP contribution in [0.2, 0.25) is 0 Å². The molecule has 4 rings (SSSR count). The molecule has 0 radical (unpaired) electrons. The number of phenols is 1. The number of benzene rings is 3. The van der Waals surface area contributed by atoms with Crippen molar-refractivity contribution in [2.24, 2.45) is 0 Å². The number of ether oxygens (including phenoxy) is 1. The van der Waals surface area contributed by atoms with Gasteiger partial charge in [0.05, 0.1) is 11.1 Å². The molecule has 1 saturated heterocycles. The minimum Gasteiger partial charge on any atom is -0.508 e. The van der Waals surface area contributed by atoms with Gasteiger partial charge in [0, 0.05) is 17.9 Å². The molecule has 1 N–H and O–H groups in total. The summed E-state index contributed by atoms with van der Waals surface area (Å²) in [6.45, 7) is 5.05. The zero-order chi connectivity index (χ0) is 25.7. The molecule has 1 aliphatic heterocycles. The number of aryl methyl sites for hydroxylation is 1. The Hall–Kier alpha value is -3.52. The van der Waals surface area contributed by atoms with Crippen molar-refractivity contribution in [2.75, 3.05) is 31.1 Å². The van der Waals surface area contributed by atoms with E-state index in [1.54, 1.807) is 31.2 Å². The summed E-state index contributed by atoms with van der Waals surface area (Å²) in [4.78, 5) is 17.1. The number of nitrogens with zero attached hydrogens (tertiary/aromatic N) is 2. The first kappa shape index (κ1) is 25.6. The van der Waals surface area contributed by atoms with E-state index in [2.05, 4.69) is 4.90 Å². The number of carbonyl (C=O) groups is 1. The summed E-state index contributed by atoms with van der Waals surface area (Å²) in [6, 6.07) is 16.1. The van der Waals surface area contributed by atoms with Gasteiger partial charge in [-0.15, -0.1) is 0 Å². The molecule has 1 heterocycles. The van der Waals surface area contributed by atoms with Gasteiger partial charge in [-0.05, 0) is 93.5 Å². The van der Waals surface area contributed by atoms with Crippen molar-refractivity contribution >= 4 is 17.3 Å². The number of likely N-dealkylation sites (tertiary alicyclic amines) is 1. The Morgan fingerprint density at radius 3 is 2.17 bits per heavy atom. The van der Waals surface area contributed by atoms with Gasteiger partial charge in [0.2, 0.25) is 0 Å². The summed E-state index contributed by atoms with van der Waals surface area (Å²) in [5, 5.41) is 9.69. The molecule has 1 aliphatic rings. The molecular formula is C28H29F3N2O3. The van der Waals surface area contributed by atoms with Gasteiger partial charge in [0.25, 0.3) is 5.91 Å². The summed E-state index contributed by atoms with van der Waals surface area (Å²) < 4.78 is 47.2. The second-order valence-corrected chi connectivity index (χ2v) is 8.95. The van der Waals surface area contributed by atoms with Gasteiger partial charge in [0.15, 0.2) is 0 Å². The second kappa shape index (κ2) is 11.0. The molecule has 190 valence electrons. The zero-order valence-electron chi connectivity index (χ0n) is 20.1. The number of rotatable bonds is 7. The molecule has 0 spiro atoms. The van der Waals surface area contributed by atoms with Crippen molar-refractivity contribution in [3.8, 4) is 11.5 Å². The lowest BCUT2D eigenvalue weighted by Crippen LogP contribution is -2.33. The van der Waals surface area contributed by atoms with Crippen LogP contribution < -0.4 is 9.64 Å². The van der Waals surface area contributed by atoms with Crippen LogP contribution in [0.3, 0.4) is 0 Å². The SMILES string of the molecule is Cc1ccc(C(=O)N(c2ccc(O)cc2)c2ccc(OCCN3CCCCC3)cc2)c(C(F)(F)F)c1. The lowest BCUT2D eigenvalue weighted by molar-refractivity contribution is -0.137. The Bertz CT molecular complexity index is 1170. The fourth-order valence-electron chi connectivity index (χ4n) is 4.35. The summed E-state index contributed by atoms with van der Waals surface area (Å²) in [7, 11) is 0. The first-order valence-corrected chi connectivity index (χ1v) is 12.0. The van der Waals surface area contributed by atoms with Gasteiger partial charge in [-0.3, -0.25) is 14.6 Å². The molecule has 1 fully saturated rings. The molecule has 0 aliphatic carbocycles. The molecule has 8 heteroatoms. The molecule has 0 saturated carbocycles. The fraction of sp³-hybridized carbons (Fsp3) is 0.321. The summed E-state index contributed by atoms with van der Waals surface area (Å²) in [5.74, 6) is -0.234. The standard InChI is InChI=1S/C28H29F3N2O3/c1-20-5-14-25(26(19-20)28(29,30)31)27(35)33(21-6-10-23(34)11-7-21)22-8-12-24(13-9-22)36-18-17-32-15-3-2-4-16-32/h5-14,19,34H,2-4,15-18H2,1H3. The van der Waals surface area contributed by atoms with Crippen LogP contribution in [0.25, 0.3) is 0 Å². The van der Waals surface area contributed by atoms with Crippen molar-refractivity contribution in [3.63, 3.8) is 0 Å². The van der Waals surface area contributed by atoms with Gasteiger partial charge < -0.3 is 9.84 Å². The highest BCUT2D eigenvalue weighted by Gasteiger charge is 2.37. The maximum Gasteiger partial charge on any atom is 0.417 e. The lowest BCUT2D eigenvalue weighted by atomic mass is 10.0. The van der Waals surface area contributed by atoms with Crippen molar-refractivity contribution in [2.45, 2.75) is 32.4 Å². The first-order chi connectivity index (χ1) is 17.2. The lowest BCUT2D eigenvalue weighted by Gasteiger charge is -2.26. The maximum absolute atomic E-state index is 13.8. The number of carbonyl (C=O) groups excluding carboxylic acids is 1. The smallest absolute Gasteiger partial charge is 0.417 e. The quantitative estimate of drug-likeness (QED) is 0.401. The molecule has 0 aromatic heterocycles. The molecule has 1 amide bonds. The molecule has 36 heavy (non-hydrogen) atoms. The van der Waals surface area contributed by atoms with Crippen LogP contribution >= 0.6 is 0 Å². The molecule has 0 unspecified atom stereocenters. The van der Waals surface area contributed by atoms with E-state index < -0.39 is 23.2 Å². The number of alkyl halides is 3. The highest BCUT2D eigenvalue weighted by atomic mass is 19.4. The largest absolute Gasteiger partial charge is 0.508 e. The van der Waals surface area contributed by atoms with Crippen LogP contribution in [0.5, 0.6) is 11.5 Å². The van der Waals surface area contributed by atoms with Crippen LogP contribution in [0.1, 0.15) is 40.7 Å². The Morgan fingerprint density at radius 1 is 0.944 bits per heavy atom. The fourth-order valence-corrected chi connectivity index (χ4v) is 4.35. The number of hydrogen-bond donors (Lipinski definition) is 1. The predicted molar refractivity (Wildman–Crippen MR) is 133 cm³/mol. The zero-order valence-corrected chi connectivity index (χ0v) is 20.1. The van der Waals surface area contributed by atoms with Gasteiger partial charge >= 0.3 is 6.18 Å². The van der Waals surface area contributed by atoms with Crippen molar-refractivity contribution in [1.82, 2.24) is 4.90 Å². The van der Waals surface area contributed by atoms with E-state index >= 15 is 0 Å². The van der Waals surface area contributed by atoms with Crippen LogP contribution in [-0.4, -0.2) is 42.2 Å². The average molecular weight is 499 g/mol. The monoisotopic (exact) mass is 498 g/mol. The Labute approximate surface area is 208 Å². The van der Waals surface area contributed by atoms with Gasteiger partial charge in [-0.2, -0.15) is 13.2 Å². The van der Waals surface area contributed by atoms with Crippen molar-refractivity contribution in [1.29, 1.82) is 0 Å². The molecular weight excluding hydrogens is 469 g/mol. The minimum absolute atomic E-state index is 0.0186. The summed E-state index contributed by atoms with van der Waals surface area (Å²) >= 11 is 0. The van der Waals surface area contributed by atoms with Gasteiger partial charge in [0.1, 0.15) is 18.1 Å². The number of phenolic OH excluding ortho intramolecular Hbond substituents is 1. The number of halogens is 3. The third-order valence-electron chi connectivity index (χ3n) is 6.24. The third kappa shape index (κ3) is 6.18. The predicted octanol–water partition coefficient (Wildman–Crippen LogP) is 6.56. The molecule has 5 nitrogen and oxygen atoms in total. The average Bonchev–Trinajstić information content (AvgIpc) is 2.86. The highest BCUT2D eigenvalue weighted by Crippen LogP contribution is 2.36.